The second kappa shape index (κ2) is 6.85. The van der Waals surface area contributed by atoms with Gasteiger partial charge >= 0.3 is 0 Å². The smallest absolute Gasteiger partial charge is 0.251 e. The lowest BCUT2D eigenvalue weighted by Crippen LogP contribution is -2.41. The standard InChI is InChI=1S/C20H28N2O2/c23-13-15-4-6-17(7-5-15)20(24)21-19-12-22(10-14-2-1-3-14)11-18(19)16-8-9-16/h4-7,14,16,18-19,23H,1-3,8-13H2,(H,21,24)/t18-,19+/m1/s1. The zero-order valence-corrected chi connectivity index (χ0v) is 14.3. The molecule has 1 aliphatic heterocycles. The Morgan fingerprint density at radius 2 is 1.88 bits per heavy atom. The van der Waals surface area contributed by atoms with Gasteiger partial charge in [0.05, 0.1) is 6.61 Å². The molecule has 2 aliphatic carbocycles. The van der Waals surface area contributed by atoms with Gasteiger partial charge in [-0.05, 0) is 61.1 Å². The minimum Gasteiger partial charge on any atom is -0.392 e. The van der Waals surface area contributed by atoms with Crippen molar-refractivity contribution in [1.82, 2.24) is 10.2 Å². The molecule has 1 aromatic rings. The average Bonchev–Trinajstić information content (AvgIpc) is 3.33. The van der Waals surface area contributed by atoms with Gasteiger partial charge in [0, 0.05) is 31.2 Å². The van der Waals surface area contributed by atoms with Gasteiger partial charge in [0.15, 0.2) is 0 Å². The van der Waals surface area contributed by atoms with E-state index in [9.17, 15) is 4.79 Å². The zero-order chi connectivity index (χ0) is 16.5. The third kappa shape index (κ3) is 3.50. The molecule has 3 fully saturated rings. The highest BCUT2D eigenvalue weighted by Gasteiger charge is 2.43. The highest BCUT2D eigenvalue weighted by Crippen LogP contribution is 2.42. The molecule has 2 atom stereocenters. The molecule has 0 aromatic heterocycles. The first-order valence-corrected chi connectivity index (χ1v) is 9.46. The van der Waals surface area contributed by atoms with E-state index in [1.165, 1.54) is 38.6 Å². The fraction of sp³-hybridized carbons (Fsp3) is 0.650. The molecule has 0 bridgehead atoms. The Kier molecular flexibility index (Phi) is 4.59. The van der Waals surface area contributed by atoms with Crippen LogP contribution >= 0.6 is 0 Å². The van der Waals surface area contributed by atoms with Gasteiger partial charge < -0.3 is 15.3 Å². The van der Waals surface area contributed by atoms with Gasteiger partial charge in [-0.2, -0.15) is 0 Å². The van der Waals surface area contributed by atoms with Crippen molar-refractivity contribution in [2.45, 2.75) is 44.8 Å². The number of carbonyl (C=O) groups is 1. The van der Waals surface area contributed by atoms with Crippen LogP contribution in [0.3, 0.4) is 0 Å². The summed E-state index contributed by atoms with van der Waals surface area (Å²) in [7, 11) is 0. The fourth-order valence-electron chi connectivity index (χ4n) is 4.27. The van der Waals surface area contributed by atoms with Gasteiger partial charge in [-0.3, -0.25) is 4.79 Å². The lowest BCUT2D eigenvalue weighted by molar-refractivity contribution is 0.0927. The van der Waals surface area contributed by atoms with E-state index in [0.29, 0.717) is 17.5 Å². The first-order chi connectivity index (χ1) is 11.7. The van der Waals surface area contributed by atoms with E-state index < -0.39 is 0 Å². The number of aliphatic hydroxyl groups is 1. The van der Waals surface area contributed by atoms with Crippen molar-refractivity contribution in [2.24, 2.45) is 17.8 Å². The monoisotopic (exact) mass is 328 g/mol. The predicted molar refractivity (Wildman–Crippen MR) is 93.6 cm³/mol. The van der Waals surface area contributed by atoms with Crippen molar-refractivity contribution < 1.29 is 9.90 Å². The van der Waals surface area contributed by atoms with Crippen molar-refractivity contribution in [2.75, 3.05) is 19.6 Å². The Morgan fingerprint density at radius 3 is 2.46 bits per heavy atom. The van der Waals surface area contributed by atoms with Crippen LogP contribution in [-0.2, 0) is 6.61 Å². The zero-order valence-electron chi connectivity index (χ0n) is 14.3. The third-order valence-corrected chi connectivity index (χ3v) is 6.12. The van der Waals surface area contributed by atoms with Crippen LogP contribution in [0.2, 0.25) is 0 Å². The van der Waals surface area contributed by atoms with E-state index in [-0.39, 0.29) is 12.5 Å². The summed E-state index contributed by atoms with van der Waals surface area (Å²) < 4.78 is 0. The number of hydrogen-bond donors (Lipinski definition) is 2. The maximum Gasteiger partial charge on any atom is 0.251 e. The van der Waals surface area contributed by atoms with Gasteiger partial charge in [0.1, 0.15) is 0 Å². The molecule has 0 unspecified atom stereocenters. The Morgan fingerprint density at radius 1 is 1.12 bits per heavy atom. The summed E-state index contributed by atoms with van der Waals surface area (Å²) in [6.45, 7) is 3.42. The van der Waals surface area contributed by atoms with Gasteiger partial charge in [0.2, 0.25) is 0 Å². The van der Waals surface area contributed by atoms with Crippen LogP contribution in [0.4, 0.5) is 0 Å². The molecule has 130 valence electrons. The molecular formula is C20H28N2O2. The molecule has 1 heterocycles. The Balaban J connectivity index is 1.38. The van der Waals surface area contributed by atoms with E-state index >= 15 is 0 Å². The number of hydrogen-bond acceptors (Lipinski definition) is 3. The summed E-state index contributed by atoms with van der Waals surface area (Å²) in [5.74, 6) is 2.37. The van der Waals surface area contributed by atoms with Crippen molar-refractivity contribution in [3.63, 3.8) is 0 Å². The number of benzene rings is 1. The Bertz CT molecular complexity index is 578. The molecule has 1 saturated heterocycles. The number of nitrogens with zero attached hydrogens (tertiary/aromatic N) is 1. The van der Waals surface area contributed by atoms with Gasteiger partial charge in [-0.25, -0.2) is 0 Å². The molecule has 2 saturated carbocycles. The summed E-state index contributed by atoms with van der Waals surface area (Å²) >= 11 is 0. The van der Waals surface area contributed by atoms with Crippen LogP contribution in [0.1, 0.15) is 48.0 Å². The predicted octanol–water partition coefficient (Wildman–Crippen LogP) is 2.42. The van der Waals surface area contributed by atoms with E-state index in [2.05, 4.69) is 10.2 Å². The molecule has 0 spiro atoms. The minimum absolute atomic E-state index is 0.0183. The molecule has 1 amide bonds. The number of nitrogens with one attached hydrogen (secondary N) is 1. The third-order valence-electron chi connectivity index (χ3n) is 6.12. The molecule has 4 heteroatoms. The van der Waals surface area contributed by atoms with Crippen LogP contribution in [0.25, 0.3) is 0 Å². The van der Waals surface area contributed by atoms with Gasteiger partial charge in [-0.15, -0.1) is 0 Å². The van der Waals surface area contributed by atoms with Crippen LogP contribution in [0.5, 0.6) is 0 Å². The van der Waals surface area contributed by atoms with Crippen LogP contribution < -0.4 is 5.32 Å². The van der Waals surface area contributed by atoms with Crippen molar-refractivity contribution in [1.29, 1.82) is 0 Å². The molecule has 1 aromatic carbocycles. The molecule has 4 rings (SSSR count). The summed E-state index contributed by atoms with van der Waals surface area (Å²) in [6.07, 6.45) is 6.84. The SMILES string of the molecule is O=C(N[C@H]1CN(CC2CCC2)C[C@@H]1C1CC1)c1ccc(CO)cc1. The molecule has 3 aliphatic rings. The van der Waals surface area contributed by atoms with Crippen molar-refractivity contribution >= 4 is 5.91 Å². The van der Waals surface area contributed by atoms with E-state index in [4.69, 9.17) is 5.11 Å². The molecule has 4 nitrogen and oxygen atoms in total. The molecule has 2 N–H and O–H groups in total. The summed E-state index contributed by atoms with van der Waals surface area (Å²) in [4.78, 5) is 15.2. The summed E-state index contributed by atoms with van der Waals surface area (Å²) in [6, 6.07) is 7.57. The number of likely N-dealkylation sites (tertiary alicyclic amines) is 1. The highest BCUT2D eigenvalue weighted by atomic mass is 16.3. The second-order valence-corrected chi connectivity index (χ2v) is 7.95. The first kappa shape index (κ1) is 16.1. The first-order valence-electron chi connectivity index (χ1n) is 9.46. The number of rotatable bonds is 6. The van der Waals surface area contributed by atoms with E-state index in [1.54, 1.807) is 0 Å². The fourth-order valence-corrected chi connectivity index (χ4v) is 4.27. The van der Waals surface area contributed by atoms with Crippen LogP contribution in [-0.4, -0.2) is 41.6 Å². The number of aliphatic hydroxyl groups excluding tert-OH is 1. The quantitative estimate of drug-likeness (QED) is 0.843. The summed E-state index contributed by atoms with van der Waals surface area (Å²) in [5, 5.41) is 12.4. The molecule has 24 heavy (non-hydrogen) atoms. The van der Waals surface area contributed by atoms with Gasteiger partial charge in [0.25, 0.3) is 5.91 Å². The topological polar surface area (TPSA) is 52.6 Å². The maximum absolute atomic E-state index is 12.6. The second-order valence-electron chi connectivity index (χ2n) is 7.95. The Hall–Kier alpha value is -1.39. The lowest BCUT2D eigenvalue weighted by atomic mass is 9.85. The Labute approximate surface area is 144 Å². The largest absolute Gasteiger partial charge is 0.392 e. The van der Waals surface area contributed by atoms with Crippen molar-refractivity contribution in [3.8, 4) is 0 Å². The van der Waals surface area contributed by atoms with Gasteiger partial charge in [-0.1, -0.05) is 18.6 Å². The van der Waals surface area contributed by atoms with Crippen LogP contribution in [0.15, 0.2) is 24.3 Å². The van der Waals surface area contributed by atoms with Crippen LogP contribution in [0, 0.1) is 17.8 Å². The number of amides is 1. The highest BCUT2D eigenvalue weighted by molar-refractivity contribution is 5.94. The maximum atomic E-state index is 12.6. The molecular weight excluding hydrogens is 300 g/mol. The lowest BCUT2D eigenvalue weighted by Gasteiger charge is -2.30. The molecule has 0 radical (unpaired) electrons. The average molecular weight is 328 g/mol. The summed E-state index contributed by atoms with van der Waals surface area (Å²) in [5.41, 5.74) is 1.54. The van der Waals surface area contributed by atoms with Crippen molar-refractivity contribution in [3.05, 3.63) is 35.4 Å². The normalized spacial score (nSPS) is 27.9. The van der Waals surface area contributed by atoms with E-state index in [0.717, 1.165) is 30.5 Å². The minimum atomic E-state index is 0.0183. The number of carbonyl (C=O) groups excluding carboxylic acids is 1. The van der Waals surface area contributed by atoms with E-state index in [1.807, 2.05) is 24.3 Å².